The van der Waals surface area contributed by atoms with Crippen LogP contribution in [0.3, 0.4) is 0 Å². The van der Waals surface area contributed by atoms with Crippen molar-refractivity contribution in [1.82, 2.24) is 9.97 Å². The van der Waals surface area contributed by atoms with Gasteiger partial charge >= 0.3 is 0 Å². The predicted molar refractivity (Wildman–Crippen MR) is 80.8 cm³/mol. The van der Waals surface area contributed by atoms with Crippen molar-refractivity contribution < 1.29 is 4.79 Å². The van der Waals surface area contributed by atoms with Gasteiger partial charge in [-0.1, -0.05) is 33.6 Å². The fourth-order valence-corrected chi connectivity index (χ4v) is 2.14. The van der Waals surface area contributed by atoms with Crippen molar-refractivity contribution in [2.75, 3.05) is 23.3 Å². The number of carbonyl (C=O) groups excluding carboxylic acids is 1. The van der Waals surface area contributed by atoms with Crippen LogP contribution in [0.2, 0.25) is 0 Å². The van der Waals surface area contributed by atoms with Gasteiger partial charge in [-0.05, 0) is 12.8 Å². The molecule has 0 saturated carbocycles. The van der Waals surface area contributed by atoms with Gasteiger partial charge in [-0.25, -0.2) is 9.97 Å². The monoisotopic (exact) mass is 276 g/mol. The number of hydrogen-bond acceptors (Lipinski definition) is 4. The van der Waals surface area contributed by atoms with Gasteiger partial charge in [0.2, 0.25) is 11.9 Å². The number of rotatable bonds is 2. The van der Waals surface area contributed by atoms with E-state index in [4.69, 9.17) is 0 Å². The van der Waals surface area contributed by atoms with E-state index in [1.807, 2.05) is 20.8 Å². The molecule has 0 unspecified atom stereocenters. The first-order valence-electron chi connectivity index (χ1n) is 7.35. The summed E-state index contributed by atoms with van der Waals surface area (Å²) in [5.41, 5.74) is 0.243. The number of carbonyl (C=O) groups is 1. The van der Waals surface area contributed by atoms with Gasteiger partial charge in [-0.3, -0.25) is 4.79 Å². The Labute approximate surface area is 120 Å². The van der Waals surface area contributed by atoms with E-state index in [0.717, 1.165) is 19.0 Å². The molecule has 1 aromatic rings. The van der Waals surface area contributed by atoms with Crippen LogP contribution < -0.4 is 10.2 Å². The van der Waals surface area contributed by atoms with Gasteiger partial charge in [-0.2, -0.15) is 0 Å². The Balaban J connectivity index is 2.00. The zero-order chi connectivity index (χ0) is 14.6. The van der Waals surface area contributed by atoms with Gasteiger partial charge in [0.05, 0.1) is 18.1 Å². The topological polar surface area (TPSA) is 58.1 Å². The third-order valence-corrected chi connectivity index (χ3v) is 3.47. The largest absolute Gasteiger partial charge is 0.341 e. The summed E-state index contributed by atoms with van der Waals surface area (Å²) in [7, 11) is 0. The number of nitrogens with zero attached hydrogens (tertiary/aromatic N) is 3. The minimum absolute atomic E-state index is 0.0244. The Kier molecular flexibility index (Phi) is 4.57. The molecular formula is C15H24N4O. The first kappa shape index (κ1) is 14.8. The summed E-state index contributed by atoms with van der Waals surface area (Å²) in [6.07, 6.45) is 8.36. The first-order valence-corrected chi connectivity index (χ1v) is 7.35. The third-order valence-electron chi connectivity index (χ3n) is 3.47. The van der Waals surface area contributed by atoms with Gasteiger partial charge in [0.15, 0.2) is 0 Å². The average Bonchev–Trinajstić information content (AvgIpc) is 2.67. The van der Waals surface area contributed by atoms with Gasteiger partial charge < -0.3 is 10.2 Å². The second-order valence-corrected chi connectivity index (χ2v) is 6.38. The number of aromatic nitrogens is 2. The number of amides is 1. The van der Waals surface area contributed by atoms with E-state index in [1.54, 1.807) is 12.4 Å². The van der Waals surface area contributed by atoms with Crippen LogP contribution in [0, 0.1) is 5.41 Å². The van der Waals surface area contributed by atoms with Crippen LogP contribution in [0.4, 0.5) is 11.6 Å². The van der Waals surface area contributed by atoms with Crippen molar-refractivity contribution in [2.24, 2.45) is 5.41 Å². The van der Waals surface area contributed by atoms with Crippen molar-refractivity contribution in [3.63, 3.8) is 0 Å². The van der Waals surface area contributed by atoms with Crippen LogP contribution in [0.15, 0.2) is 12.4 Å². The summed E-state index contributed by atoms with van der Waals surface area (Å²) in [6.45, 7) is 7.69. The van der Waals surface area contributed by atoms with E-state index in [1.165, 1.54) is 25.7 Å². The molecule has 5 heteroatoms. The molecule has 0 spiro atoms. The van der Waals surface area contributed by atoms with Gasteiger partial charge in [0.25, 0.3) is 0 Å². The Morgan fingerprint density at radius 2 is 1.65 bits per heavy atom. The van der Waals surface area contributed by atoms with Crippen LogP contribution in [0.1, 0.15) is 46.5 Å². The highest BCUT2D eigenvalue weighted by Gasteiger charge is 2.21. The second kappa shape index (κ2) is 6.20. The highest BCUT2D eigenvalue weighted by atomic mass is 16.2. The van der Waals surface area contributed by atoms with E-state index in [-0.39, 0.29) is 5.91 Å². The molecule has 1 aromatic heterocycles. The van der Waals surface area contributed by atoms with Crippen molar-refractivity contribution in [3.8, 4) is 0 Å². The fraction of sp³-hybridized carbons (Fsp3) is 0.667. The second-order valence-electron chi connectivity index (χ2n) is 6.38. The molecule has 5 nitrogen and oxygen atoms in total. The zero-order valence-electron chi connectivity index (χ0n) is 12.6. The number of anilines is 2. The molecule has 2 heterocycles. The Bertz CT molecular complexity index is 442. The predicted octanol–water partition coefficient (Wildman–Crippen LogP) is 2.84. The van der Waals surface area contributed by atoms with Crippen LogP contribution in [0.5, 0.6) is 0 Å². The maximum Gasteiger partial charge on any atom is 0.229 e. The minimum atomic E-state index is -0.413. The molecule has 1 fully saturated rings. The summed E-state index contributed by atoms with van der Waals surface area (Å²) < 4.78 is 0. The molecule has 1 aliphatic rings. The Morgan fingerprint density at radius 1 is 1.10 bits per heavy atom. The summed E-state index contributed by atoms with van der Waals surface area (Å²) >= 11 is 0. The lowest BCUT2D eigenvalue weighted by atomic mass is 9.96. The molecule has 0 bridgehead atoms. The number of nitrogens with one attached hydrogen (secondary N) is 1. The van der Waals surface area contributed by atoms with Gasteiger partial charge in [0, 0.05) is 18.5 Å². The molecular weight excluding hydrogens is 252 g/mol. The molecule has 1 amide bonds. The van der Waals surface area contributed by atoms with Crippen molar-refractivity contribution in [2.45, 2.75) is 46.5 Å². The van der Waals surface area contributed by atoms with E-state index in [9.17, 15) is 4.79 Å². The van der Waals surface area contributed by atoms with E-state index < -0.39 is 5.41 Å². The molecule has 0 radical (unpaired) electrons. The maximum atomic E-state index is 11.9. The molecule has 2 rings (SSSR count). The van der Waals surface area contributed by atoms with Crippen molar-refractivity contribution in [1.29, 1.82) is 0 Å². The molecule has 1 aliphatic heterocycles. The summed E-state index contributed by atoms with van der Waals surface area (Å²) in [5, 5.41) is 2.84. The van der Waals surface area contributed by atoms with Crippen LogP contribution in [-0.4, -0.2) is 29.0 Å². The van der Waals surface area contributed by atoms with Gasteiger partial charge in [-0.15, -0.1) is 0 Å². The lowest BCUT2D eigenvalue weighted by Gasteiger charge is -2.20. The number of hydrogen-bond donors (Lipinski definition) is 1. The zero-order valence-corrected chi connectivity index (χ0v) is 12.6. The molecule has 0 aliphatic carbocycles. The smallest absolute Gasteiger partial charge is 0.229 e. The molecule has 1 saturated heterocycles. The van der Waals surface area contributed by atoms with E-state index in [2.05, 4.69) is 20.2 Å². The lowest BCUT2D eigenvalue weighted by molar-refractivity contribution is -0.123. The summed E-state index contributed by atoms with van der Waals surface area (Å²) in [5.74, 6) is 0.740. The quantitative estimate of drug-likeness (QED) is 0.902. The summed E-state index contributed by atoms with van der Waals surface area (Å²) in [6, 6.07) is 0. The highest BCUT2D eigenvalue weighted by molar-refractivity contribution is 5.94. The summed E-state index contributed by atoms with van der Waals surface area (Å²) in [4.78, 5) is 22.9. The van der Waals surface area contributed by atoms with E-state index >= 15 is 0 Å². The molecule has 110 valence electrons. The minimum Gasteiger partial charge on any atom is -0.341 e. The van der Waals surface area contributed by atoms with Crippen LogP contribution in [-0.2, 0) is 4.79 Å². The highest BCUT2D eigenvalue weighted by Crippen LogP contribution is 2.18. The lowest BCUT2D eigenvalue weighted by Crippen LogP contribution is -2.28. The molecule has 20 heavy (non-hydrogen) atoms. The fourth-order valence-electron chi connectivity index (χ4n) is 2.14. The first-order chi connectivity index (χ1) is 9.47. The molecule has 1 N–H and O–H groups in total. The SMILES string of the molecule is CC(C)(C)C(=O)Nc1cnc(N2CCCCCC2)nc1. The Hall–Kier alpha value is -1.65. The van der Waals surface area contributed by atoms with Crippen molar-refractivity contribution in [3.05, 3.63) is 12.4 Å². The van der Waals surface area contributed by atoms with Gasteiger partial charge in [0.1, 0.15) is 0 Å². The normalized spacial score (nSPS) is 16.6. The van der Waals surface area contributed by atoms with Crippen molar-refractivity contribution >= 4 is 17.5 Å². The molecule has 0 atom stereocenters. The standard InChI is InChI=1S/C15H24N4O/c1-15(2,3)13(20)18-12-10-16-14(17-11-12)19-8-6-4-5-7-9-19/h10-11H,4-9H2,1-3H3,(H,18,20). The van der Waals surface area contributed by atoms with Crippen LogP contribution in [0.25, 0.3) is 0 Å². The van der Waals surface area contributed by atoms with Crippen LogP contribution >= 0.6 is 0 Å². The average molecular weight is 276 g/mol. The van der Waals surface area contributed by atoms with E-state index in [0.29, 0.717) is 5.69 Å². The molecule has 0 aromatic carbocycles. The Morgan fingerprint density at radius 3 is 2.15 bits per heavy atom. The third kappa shape index (κ3) is 3.92. The maximum absolute atomic E-state index is 11.9.